The van der Waals surface area contributed by atoms with E-state index in [-0.39, 0.29) is 11.9 Å². The van der Waals surface area contributed by atoms with E-state index in [1.54, 1.807) is 6.92 Å². The first-order valence-corrected chi connectivity index (χ1v) is 3.82. The Morgan fingerprint density at radius 1 is 1.25 bits per heavy atom. The Kier molecular flexibility index (Phi) is 4.97. The molecule has 0 aliphatic rings. The van der Waals surface area contributed by atoms with Crippen molar-refractivity contribution in [1.29, 1.82) is 0 Å². The number of rotatable bonds is 3. The van der Waals surface area contributed by atoms with Crippen molar-refractivity contribution in [2.45, 2.75) is 19.8 Å². The Morgan fingerprint density at radius 3 is 2.33 bits per heavy atom. The number of hydrogen-bond acceptors (Lipinski definition) is 2. The van der Waals surface area contributed by atoms with Crippen molar-refractivity contribution in [2.75, 3.05) is 0 Å². The van der Waals surface area contributed by atoms with Crippen molar-refractivity contribution in [3.05, 3.63) is 35.9 Å². The molecular formula is C10H15NO. The maximum atomic E-state index is 10.6. The molecule has 0 atom stereocenters. The predicted molar refractivity (Wildman–Crippen MR) is 50.5 cm³/mol. The molecular weight excluding hydrogens is 150 g/mol. The van der Waals surface area contributed by atoms with Gasteiger partial charge in [0, 0.05) is 6.42 Å². The van der Waals surface area contributed by atoms with Crippen LogP contribution in [-0.2, 0) is 11.2 Å². The highest BCUT2D eigenvalue weighted by Gasteiger charge is 1.94. The van der Waals surface area contributed by atoms with Crippen molar-refractivity contribution in [2.24, 2.45) is 0 Å². The Labute approximate surface area is 73.2 Å². The molecule has 0 unspecified atom stereocenters. The largest absolute Gasteiger partial charge is 0.344 e. The Bertz CT molecular complexity index is 231. The molecule has 0 spiro atoms. The highest BCUT2D eigenvalue weighted by Crippen LogP contribution is 2.01. The van der Waals surface area contributed by atoms with Crippen LogP contribution in [0.15, 0.2) is 30.3 Å². The van der Waals surface area contributed by atoms with E-state index in [0.29, 0.717) is 6.42 Å². The van der Waals surface area contributed by atoms with E-state index >= 15 is 0 Å². The molecule has 3 N–H and O–H groups in total. The maximum Gasteiger partial charge on any atom is 0.130 e. The van der Waals surface area contributed by atoms with E-state index in [1.807, 2.05) is 30.3 Å². The summed E-state index contributed by atoms with van der Waals surface area (Å²) in [6.07, 6.45) is 1.53. The van der Waals surface area contributed by atoms with Gasteiger partial charge in [0.2, 0.25) is 0 Å². The molecule has 0 saturated carbocycles. The first-order valence-electron chi connectivity index (χ1n) is 3.82. The van der Waals surface area contributed by atoms with Crippen LogP contribution >= 0.6 is 0 Å². The lowest BCUT2D eigenvalue weighted by Crippen LogP contribution is -1.92. The van der Waals surface area contributed by atoms with Crippen LogP contribution in [0.2, 0.25) is 0 Å². The third-order valence-corrected chi connectivity index (χ3v) is 1.61. The molecule has 12 heavy (non-hydrogen) atoms. The van der Waals surface area contributed by atoms with Gasteiger partial charge in [0.1, 0.15) is 5.78 Å². The average molecular weight is 165 g/mol. The minimum atomic E-state index is 0. The van der Waals surface area contributed by atoms with Crippen LogP contribution in [0.1, 0.15) is 18.9 Å². The van der Waals surface area contributed by atoms with Crippen molar-refractivity contribution < 1.29 is 4.79 Å². The topological polar surface area (TPSA) is 52.1 Å². The molecule has 0 heterocycles. The van der Waals surface area contributed by atoms with Crippen molar-refractivity contribution in [1.82, 2.24) is 6.15 Å². The van der Waals surface area contributed by atoms with Crippen LogP contribution in [0.5, 0.6) is 0 Å². The van der Waals surface area contributed by atoms with Gasteiger partial charge in [-0.3, -0.25) is 0 Å². The van der Waals surface area contributed by atoms with Gasteiger partial charge in [-0.15, -0.1) is 0 Å². The summed E-state index contributed by atoms with van der Waals surface area (Å²) in [7, 11) is 0. The third-order valence-electron chi connectivity index (χ3n) is 1.61. The fourth-order valence-electron chi connectivity index (χ4n) is 0.965. The summed E-state index contributed by atoms with van der Waals surface area (Å²) in [5.41, 5.74) is 1.24. The van der Waals surface area contributed by atoms with Gasteiger partial charge in [0.15, 0.2) is 0 Å². The zero-order chi connectivity index (χ0) is 8.10. The number of ketones is 1. The minimum absolute atomic E-state index is 0. The first-order chi connectivity index (χ1) is 5.29. The third kappa shape index (κ3) is 3.88. The average Bonchev–Trinajstić information content (AvgIpc) is 2.03. The van der Waals surface area contributed by atoms with Crippen molar-refractivity contribution in [3.63, 3.8) is 0 Å². The summed E-state index contributed by atoms with van der Waals surface area (Å²) < 4.78 is 0. The van der Waals surface area contributed by atoms with Gasteiger partial charge < -0.3 is 10.9 Å². The maximum absolute atomic E-state index is 10.6. The zero-order valence-electron chi connectivity index (χ0n) is 7.42. The molecule has 1 aromatic rings. The second-order valence-corrected chi connectivity index (χ2v) is 2.69. The predicted octanol–water partition coefficient (Wildman–Crippen LogP) is 2.37. The van der Waals surface area contributed by atoms with Gasteiger partial charge in [-0.2, -0.15) is 0 Å². The molecule has 2 nitrogen and oxygen atoms in total. The van der Waals surface area contributed by atoms with Crippen LogP contribution < -0.4 is 6.15 Å². The summed E-state index contributed by atoms with van der Waals surface area (Å²) in [4.78, 5) is 10.6. The molecule has 0 amide bonds. The molecule has 2 heteroatoms. The fourth-order valence-corrected chi connectivity index (χ4v) is 0.965. The summed E-state index contributed by atoms with van der Waals surface area (Å²) >= 11 is 0. The second-order valence-electron chi connectivity index (χ2n) is 2.69. The number of carbonyl (C=O) groups is 1. The molecule has 0 fully saturated rings. The van der Waals surface area contributed by atoms with E-state index in [1.165, 1.54) is 5.56 Å². The van der Waals surface area contributed by atoms with E-state index in [2.05, 4.69) is 0 Å². The lowest BCUT2D eigenvalue weighted by atomic mass is 10.1. The summed E-state index contributed by atoms with van der Waals surface area (Å²) in [6.45, 7) is 1.63. The normalized spacial score (nSPS) is 8.75. The monoisotopic (exact) mass is 165 g/mol. The quantitative estimate of drug-likeness (QED) is 0.747. The number of hydrogen-bond donors (Lipinski definition) is 1. The smallest absolute Gasteiger partial charge is 0.130 e. The Balaban J connectivity index is 0.00000121. The second kappa shape index (κ2) is 5.49. The van der Waals surface area contributed by atoms with E-state index in [4.69, 9.17) is 0 Å². The van der Waals surface area contributed by atoms with Gasteiger partial charge in [-0.1, -0.05) is 30.3 Å². The number of benzene rings is 1. The van der Waals surface area contributed by atoms with Crippen LogP contribution in [0.25, 0.3) is 0 Å². The molecule has 0 saturated heterocycles. The van der Waals surface area contributed by atoms with Crippen LogP contribution in [0, 0.1) is 0 Å². The molecule has 0 aliphatic carbocycles. The number of carbonyl (C=O) groups excluding carboxylic acids is 1. The van der Waals surface area contributed by atoms with E-state index in [9.17, 15) is 4.79 Å². The van der Waals surface area contributed by atoms with Crippen molar-refractivity contribution >= 4 is 5.78 Å². The lowest BCUT2D eigenvalue weighted by Gasteiger charge is -1.96. The van der Waals surface area contributed by atoms with Crippen molar-refractivity contribution in [3.8, 4) is 0 Å². The van der Waals surface area contributed by atoms with Crippen LogP contribution in [0.4, 0.5) is 0 Å². The zero-order valence-corrected chi connectivity index (χ0v) is 7.42. The summed E-state index contributed by atoms with van der Waals surface area (Å²) in [6, 6.07) is 10.1. The van der Waals surface area contributed by atoms with Gasteiger partial charge in [0.25, 0.3) is 0 Å². The number of Topliss-reactive ketones (excluding diaryl/α,β-unsaturated/α-hetero) is 1. The lowest BCUT2D eigenvalue weighted by molar-refractivity contribution is -0.116. The van der Waals surface area contributed by atoms with E-state index in [0.717, 1.165) is 6.42 Å². The number of aryl methyl sites for hydroxylation is 1. The molecule has 1 rings (SSSR count). The van der Waals surface area contributed by atoms with E-state index < -0.39 is 0 Å². The fraction of sp³-hybridized carbons (Fsp3) is 0.300. The minimum Gasteiger partial charge on any atom is -0.344 e. The SMILES string of the molecule is CC(=O)CCc1ccccc1.N. The molecule has 0 aliphatic heterocycles. The van der Waals surface area contributed by atoms with Crippen LogP contribution in [-0.4, -0.2) is 5.78 Å². The Hall–Kier alpha value is -1.15. The summed E-state index contributed by atoms with van der Waals surface area (Å²) in [5, 5.41) is 0. The molecule has 1 aromatic carbocycles. The van der Waals surface area contributed by atoms with Gasteiger partial charge in [-0.25, -0.2) is 0 Å². The van der Waals surface area contributed by atoms with Gasteiger partial charge >= 0.3 is 0 Å². The Morgan fingerprint density at radius 2 is 1.83 bits per heavy atom. The summed E-state index contributed by atoms with van der Waals surface area (Å²) in [5.74, 6) is 0.258. The van der Waals surface area contributed by atoms with Gasteiger partial charge in [-0.05, 0) is 18.9 Å². The standard InChI is InChI=1S/C10H12O.H3N/c1-9(11)7-8-10-5-3-2-4-6-10;/h2-6H,7-8H2,1H3;1H3. The van der Waals surface area contributed by atoms with Crippen LogP contribution in [0.3, 0.4) is 0 Å². The first kappa shape index (κ1) is 10.8. The highest BCUT2D eigenvalue weighted by molar-refractivity contribution is 5.75. The molecule has 66 valence electrons. The highest BCUT2D eigenvalue weighted by atomic mass is 16.1. The molecule has 0 radical (unpaired) electrons. The molecule has 0 bridgehead atoms. The molecule has 0 aromatic heterocycles. The van der Waals surface area contributed by atoms with Gasteiger partial charge in [0.05, 0.1) is 0 Å².